The Kier molecular flexibility index (Phi) is 4.08. The second kappa shape index (κ2) is 5.51. The average Bonchev–Trinajstić information content (AvgIpc) is 2.71. The maximum absolute atomic E-state index is 12.3. The highest BCUT2D eigenvalue weighted by atomic mass is 32.3. The van der Waals surface area contributed by atoms with Gasteiger partial charge in [-0.15, -0.1) is 10.6 Å². The molecule has 0 saturated carbocycles. The zero-order valence-electron chi connectivity index (χ0n) is 11.6. The first-order chi connectivity index (χ1) is 9.74. The molecule has 0 bridgehead atoms. The highest BCUT2D eigenvalue weighted by Crippen LogP contribution is 2.56. The van der Waals surface area contributed by atoms with Crippen molar-refractivity contribution in [3.05, 3.63) is 34.7 Å². The summed E-state index contributed by atoms with van der Waals surface area (Å²) >= 11 is 0. The summed E-state index contributed by atoms with van der Waals surface area (Å²) in [6.45, 7) is 3.40. The minimum Gasteiger partial charge on any atom is -0.480 e. The van der Waals surface area contributed by atoms with E-state index in [0.29, 0.717) is 5.56 Å². The van der Waals surface area contributed by atoms with Gasteiger partial charge in [0.25, 0.3) is 5.91 Å². The number of nitrogens with one attached hydrogen (secondary N) is 1. The van der Waals surface area contributed by atoms with Gasteiger partial charge in [-0.25, -0.2) is 4.79 Å². The van der Waals surface area contributed by atoms with E-state index in [1.807, 2.05) is 0 Å². The van der Waals surface area contributed by atoms with Crippen molar-refractivity contribution < 1.29 is 23.8 Å². The molecule has 2 rings (SSSR count). The summed E-state index contributed by atoms with van der Waals surface area (Å²) in [4.78, 5) is 23.7. The van der Waals surface area contributed by atoms with Gasteiger partial charge < -0.3 is 10.4 Å². The summed E-state index contributed by atoms with van der Waals surface area (Å²) < 4.78 is 19.7. The minimum absolute atomic E-state index is 0.230. The third kappa shape index (κ3) is 2.94. The molecular formula is C14H17NO5S. The van der Waals surface area contributed by atoms with Crippen LogP contribution in [0.3, 0.4) is 0 Å². The molecule has 0 aromatic heterocycles. The van der Waals surface area contributed by atoms with Crippen molar-refractivity contribution in [1.82, 2.24) is 5.32 Å². The van der Waals surface area contributed by atoms with E-state index in [1.165, 1.54) is 17.6 Å². The number of carboxylic acids is 1. The van der Waals surface area contributed by atoms with Crippen LogP contribution in [0.4, 0.5) is 0 Å². The summed E-state index contributed by atoms with van der Waals surface area (Å²) in [6.07, 6.45) is 1.48. The van der Waals surface area contributed by atoms with E-state index in [-0.39, 0.29) is 16.4 Å². The van der Waals surface area contributed by atoms with Gasteiger partial charge in [-0.05, 0) is 24.1 Å². The lowest BCUT2D eigenvalue weighted by Crippen LogP contribution is -2.44. The second-order valence-electron chi connectivity index (χ2n) is 5.15. The Morgan fingerprint density at radius 2 is 1.90 bits per heavy atom. The maximum Gasteiger partial charge on any atom is 0.326 e. The van der Waals surface area contributed by atoms with Gasteiger partial charge in [-0.2, -0.15) is 0 Å². The third-order valence-electron chi connectivity index (χ3n) is 3.28. The van der Waals surface area contributed by atoms with Crippen molar-refractivity contribution in [2.75, 3.05) is 0 Å². The Morgan fingerprint density at radius 3 is 2.48 bits per heavy atom. The van der Waals surface area contributed by atoms with Crippen LogP contribution in [0.1, 0.15) is 29.8 Å². The fourth-order valence-electron chi connectivity index (χ4n) is 2.14. The molecule has 1 aromatic rings. The van der Waals surface area contributed by atoms with E-state index in [1.54, 1.807) is 26.0 Å². The van der Waals surface area contributed by atoms with Crippen molar-refractivity contribution in [1.29, 1.82) is 0 Å². The van der Waals surface area contributed by atoms with E-state index in [9.17, 15) is 18.7 Å². The molecule has 1 aliphatic rings. The molecule has 0 fully saturated rings. The van der Waals surface area contributed by atoms with E-state index >= 15 is 0 Å². The summed E-state index contributed by atoms with van der Waals surface area (Å²) in [5, 5.41) is 12.8. The molecule has 0 spiro atoms. The van der Waals surface area contributed by atoms with Gasteiger partial charge in [0.2, 0.25) is 0 Å². The van der Waals surface area contributed by atoms with Crippen LogP contribution in [-0.2, 0) is 4.79 Å². The van der Waals surface area contributed by atoms with Crippen LogP contribution >= 0.6 is 10.6 Å². The molecule has 0 saturated heterocycles. The van der Waals surface area contributed by atoms with Crippen LogP contribution in [-0.4, -0.2) is 32.1 Å². The van der Waals surface area contributed by atoms with Gasteiger partial charge in [0.1, 0.15) is 6.04 Å². The lowest BCUT2D eigenvalue weighted by Gasteiger charge is -2.26. The van der Waals surface area contributed by atoms with Crippen LogP contribution in [0.5, 0.6) is 0 Å². The summed E-state index contributed by atoms with van der Waals surface area (Å²) in [5.41, 5.74) is 0.649. The number of benzene rings is 1. The Morgan fingerprint density at radius 1 is 1.24 bits per heavy atom. The Hall–Kier alpha value is -1.83. The van der Waals surface area contributed by atoms with Gasteiger partial charge in [-0.1, -0.05) is 19.9 Å². The van der Waals surface area contributed by atoms with Crippen LogP contribution in [0.2, 0.25) is 0 Å². The molecule has 4 N–H and O–H groups in total. The average molecular weight is 311 g/mol. The highest BCUT2D eigenvalue weighted by molar-refractivity contribution is 8.27. The van der Waals surface area contributed by atoms with Gasteiger partial charge >= 0.3 is 5.97 Å². The van der Waals surface area contributed by atoms with Crippen LogP contribution < -0.4 is 5.32 Å². The second-order valence-corrected chi connectivity index (χ2v) is 7.04. The fraction of sp³-hybridized carbons (Fsp3) is 0.286. The van der Waals surface area contributed by atoms with Gasteiger partial charge in [0, 0.05) is 16.5 Å². The molecule has 1 heterocycles. The number of rotatable bonds is 4. The first-order valence-electron chi connectivity index (χ1n) is 6.37. The van der Waals surface area contributed by atoms with E-state index in [2.05, 4.69) is 5.32 Å². The van der Waals surface area contributed by atoms with Gasteiger partial charge in [0.05, 0.1) is 4.90 Å². The number of fused-ring (bicyclic) bond motifs is 1. The molecule has 0 unspecified atom stereocenters. The molecule has 0 aliphatic carbocycles. The third-order valence-corrected chi connectivity index (χ3v) is 4.80. The lowest BCUT2D eigenvalue weighted by molar-refractivity contribution is -0.140. The summed E-state index contributed by atoms with van der Waals surface area (Å²) in [7, 11) is -3.00. The van der Waals surface area contributed by atoms with Crippen molar-refractivity contribution in [3.8, 4) is 0 Å². The quantitative estimate of drug-likeness (QED) is 0.684. The molecule has 1 atom stereocenters. The van der Waals surface area contributed by atoms with Crippen LogP contribution in [0.15, 0.2) is 28.5 Å². The summed E-state index contributed by atoms with van der Waals surface area (Å²) in [5.74, 6) is -1.92. The standard InChI is InChI=1S/C14H17NO5S/c1-8(2)12(14(17)18)15-13(16)10-4-3-5-11-9(10)6-7-21(11,19)20/h3-8,12,19-20H,1-2H3,(H,15,16)(H,17,18)/t12-/m1/s1. The fourth-order valence-corrected chi connectivity index (χ4v) is 3.40. The van der Waals surface area contributed by atoms with Gasteiger partial charge in [0.15, 0.2) is 0 Å². The Labute approximate surface area is 123 Å². The molecule has 21 heavy (non-hydrogen) atoms. The van der Waals surface area contributed by atoms with Gasteiger partial charge in [-0.3, -0.25) is 13.9 Å². The minimum atomic E-state index is -3.00. The maximum atomic E-state index is 12.3. The molecule has 1 aliphatic heterocycles. The van der Waals surface area contributed by atoms with Crippen molar-refractivity contribution in [3.63, 3.8) is 0 Å². The SMILES string of the molecule is CC(C)[C@@H](NC(=O)c1cccc2c1C=CS2(O)O)C(=O)O. The van der Waals surface area contributed by atoms with Crippen molar-refractivity contribution >= 4 is 28.5 Å². The molecule has 0 radical (unpaired) electrons. The molecular weight excluding hydrogens is 294 g/mol. The van der Waals surface area contributed by atoms with E-state index in [0.717, 1.165) is 0 Å². The Bertz CT molecular complexity index is 624. The topological polar surface area (TPSA) is 107 Å². The zero-order valence-corrected chi connectivity index (χ0v) is 12.4. The number of amides is 1. The number of carbonyl (C=O) groups excluding carboxylic acids is 1. The monoisotopic (exact) mass is 311 g/mol. The number of hydrogen-bond donors (Lipinski definition) is 4. The highest BCUT2D eigenvalue weighted by Gasteiger charge is 2.28. The number of hydrogen-bond acceptors (Lipinski definition) is 4. The molecule has 6 nitrogen and oxygen atoms in total. The smallest absolute Gasteiger partial charge is 0.326 e. The normalized spacial score (nSPS) is 18.1. The number of carboxylic acid groups (broad SMARTS) is 1. The van der Waals surface area contributed by atoms with Crippen molar-refractivity contribution in [2.24, 2.45) is 5.92 Å². The number of aliphatic carboxylic acids is 1. The molecule has 1 aromatic carbocycles. The van der Waals surface area contributed by atoms with Crippen LogP contribution in [0.25, 0.3) is 6.08 Å². The zero-order chi connectivity index (χ0) is 15.8. The molecule has 7 heteroatoms. The summed E-state index contributed by atoms with van der Waals surface area (Å²) in [6, 6.07) is 3.61. The lowest BCUT2D eigenvalue weighted by atomic mass is 10.0. The molecule has 1 amide bonds. The largest absolute Gasteiger partial charge is 0.480 e. The predicted molar refractivity (Wildman–Crippen MR) is 80.3 cm³/mol. The first-order valence-corrected chi connectivity index (χ1v) is 7.98. The number of carbonyl (C=O) groups is 2. The molecule has 114 valence electrons. The van der Waals surface area contributed by atoms with Crippen LogP contribution in [0, 0.1) is 5.92 Å². The predicted octanol–water partition coefficient (Wildman–Crippen LogP) is 2.62. The van der Waals surface area contributed by atoms with E-state index < -0.39 is 28.5 Å². The first kappa shape index (κ1) is 15.6. The Balaban J connectivity index is 2.32. The van der Waals surface area contributed by atoms with E-state index in [4.69, 9.17) is 5.11 Å². The van der Waals surface area contributed by atoms with Crippen molar-refractivity contribution in [2.45, 2.75) is 24.8 Å².